The number of carbonyl (C=O) groups excluding carboxylic acids is 2. The molecule has 7 nitrogen and oxygen atoms in total. The van der Waals surface area contributed by atoms with Gasteiger partial charge < -0.3 is 20.6 Å². The number of hydrogen-bond acceptors (Lipinski definition) is 3. The van der Waals surface area contributed by atoms with E-state index >= 15 is 0 Å². The highest BCUT2D eigenvalue weighted by atomic mass is 16.4. The van der Waals surface area contributed by atoms with Crippen molar-refractivity contribution in [1.82, 2.24) is 9.80 Å². The number of amides is 3. The van der Waals surface area contributed by atoms with Crippen molar-refractivity contribution in [1.29, 1.82) is 0 Å². The lowest BCUT2D eigenvalue weighted by Crippen LogP contribution is -2.53. The molecule has 7 heteroatoms. The molecule has 1 fully saturated rings. The number of aliphatic carboxylic acids is 1. The van der Waals surface area contributed by atoms with Crippen LogP contribution < -0.4 is 5.73 Å². The molecule has 0 spiro atoms. The van der Waals surface area contributed by atoms with E-state index in [1.54, 1.807) is 0 Å². The van der Waals surface area contributed by atoms with E-state index in [1.807, 2.05) is 6.92 Å². The summed E-state index contributed by atoms with van der Waals surface area (Å²) in [5.74, 6) is -1.46. The molecule has 1 aliphatic rings. The number of rotatable bonds is 4. The van der Waals surface area contributed by atoms with Crippen molar-refractivity contribution < 1.29 is 19.5 Å². The van der Waals surface area contributed by atoms with Gasteiger partial charge in [0.15, 0.2) is 0 Å². The van der Waals surface area contributed by atoms with Crippen molar-refractivity contribution in [2.45, 2.75) is 26.2 Å². The SMILES string of the molecule is CCC1(C(=O)O)CCCN(C(=O)N(C)CC(N)=O)C1. The lowest BCUT2D eigenvalue weighted by atomic mass is 9.78. The van der Waals surface area contributed by atoms with Crippen LogP contribution in [0.5, 0.6) is 0 Å². The number of likely N-dealkylation sites (tertiary alicyclic amines) is 1. The fourth-order valence-corrected chi connectivity index (χ4v) is 2.45. The molecule has 0 bridgehead atoms. The Morgan fingerprint density at radius 3 is 2.53 bits per heavy atom. The lowest BCUT2D eigenvalue weighted by Gasteiger charge is -2.40. The average molecular weight is 271 g/mol. The highest BCUT2D eigenvalue weighted by Crippen LogP contribution is 2.33. The van der Waals surface area contributed by atoms with Gasteiger partial charge in [-0.3, -0.25) is 9.59 Å². The zero-order chi connectivity index (χ0) is 14.6. The molecule has 0 aromatic rings. The minimum absolute atomic E-state index is 0.165. The van der Waals surface area contributed by atoms with Gasteiger partial charge >= 0.3 is 12.0 Å². The predicted octanol–water partition coefficient (Wildman–Crippen LogP) is 0.100. The zero-order valence-electron chi connectivity index (χ0n) is 11.4. The average Bonchev–Trinajstić information content (AvgIpc) is 2.36. The van der Waals surface area contributed by atoms with Gasteiger partial charge in [-0.05, 0) is 19.3 Å². The topological polar surface area (TPSA) is 104 Å². The standard InChI is InChI=1S/C12H21N3O4/c1-3-12(10(17)18)5-4-6-15(8-12)11(19)14(2)7-9(13)16/h3-8H2,1-2H3,(H2,13,16)(H,17,18). The summed E-state index contributed by atoms with van der Waals surface area (Å²) < 4.78 is 0. The first-order valence-corrected chi connectivity index (χ1v) is 6.34. The first kappa shape index (κ1) is 15.3. The number of carbonyl (C=O) groups is 3. The summed E-state index contributed by atoms with van der Waals surface area (Å²) in [7, 11) is 1.48. The van der Waals surface area contributed by atoms with E-state index in [2.05, 4.69) is 0 Å². The molecule has 0 aliphatic carbocycles. The van der Waals surface area contributed by atoms with Crippen LogP contribution in [0.3, 0.4) is 0 Å². The highest BCUT2D eigenvalue weighted by Gasteiger charge is 2.42. The van der Waals surface area contributed by atoms with E-state index < -0.39 is 17.3 Å². The van der Waals surface area contributed by atoms with Crippen molar-refractivity contribution in [3.63, 3.8) is 0 Å². The van der Waals surface area contributed by atoms with Crippen molar-refractivity contribution >= 4 is 17.9 Å². The molecule has 3 amide bonds. The zero-order valence-corrected chi connectivity index (χ0v) is 11.4. The molecule has 19 heavy (non-hydrogen) atoms. The third-order valence-electron chi connectivity index (χ3n) is 3.70. The van der Waals surface area contributed by atoms with E-state index in [-0.39, 0.29) is 19.1 Å². The molecule has 1 aliphatic heterocycles. The predicted molar refractivity (Wildman–Crippen MR) is 68.4 cm³/mol. The monoisotopic (exact) mass is 271 g/mol. The fraction of sp³-hybridized carbons (Fsp3) is 0.750. The van der Waals surface area contributed by atoms with Crippen LogP contribution in [0.1, 0.15) is 26.2 Å². The van der Waals surface area contributed by atoms with Gasteiger partial charge in [-0.2, -0.15) is 0 Å². The Labute approximate surface area is 112 Å². The van der Waals surface area contributed by atoms with Gasteiger partial charge in [0.1, 0.15) is 6.54 Å². The van der Waals surface area contributed by atoms with Gasteiger partial charge in [0, 0.05) is 20.1 Å². The van der Waals surface area contributed by atoms with E-state index in [1.165, 1.54) is 16.8 Å². The summed E-state index contributed by atoms with van der Waals surface area (Å²) in [6.45, 7) is 2.34. The van der Waals surface area contributed by atoms with Gasteiger partial charge in [-0.25, -0.2) is 4.79 Å². The number of hydrogen-bond donors (Lipinski definition) is 2. The molecule has 3 N–H and O–H groups in total. The van der Waals surface area contributed by atoms with Crippen LogP contribution in [0.4, 0.5) is 4.79 Å². The fourth-order valence-electron chi connectivity index (χ4n) is 2.45. The number of likely N-dealkylation sites (N-methyl/N-ethyl adjacent to an activating group) is 1. The van der Waals surface area contributed by atoms with Gasteiger partial charge in [-0.1, -0.05) is 6.92 Å². The van der Waals surface area contributed by atoms with E-state index in [0.717, 1.165) is 0 Å². The van der Waals surface area contributed by atoms with Gasteiger partial charge in [0.05, 0.1) is 5.41 Å². The molecule has 1 saturated heterocycles. The number of nitrogens with two attached hydrogens (primary N) is 1. The normalized spacial score (nSPS) is 22.9. The van der Waals surface area contributed by atoms with E-state index in [4.69, 9.17) is 5.73 Å². The van der Waals surface area contributed by atoms with Crippen LogP contribution in [-0.4, -0.2) is 59.5 Å². The number of carboxylic acids is 1. The number of piperidine rings is 1. The van der Waals surface area contributed by atoms with Crippen LogP contribution >= 0.6 is 0 Å². The third kappa shape index (κ3) is 3.36. The quantitative estimate of drug-likeness (QED) is 0.756. The Morgan fingerprint density at radius 1 is 1.42 bits per heavy atom. The molecule has 0 aromatic carbocycles. The summed E-state index contributed by atoms with van der Waals surface area (Å²) >= 11 is 0. The maximum Gasteiger partial charge on any atom is 0.320 e. The first-order valence-electron chi connectivity index (χ1n) is 6.34. The van der Waals surface area contributed by atoms with Crippen LogP contribution in [0, 0.1) is 5.41 Å². The van der Waals surface area contributed by atoms with Crippen molar-refractivity contribution in [3.05, 3.63) is 0 Å². The van der Waals surface area contributed by atoms with E-state index in [9.17, 15) is 19.5 Å². The van der Waals surface area contributed by atoms with E-state index in [0.29, 0.717) is 25.8 Å². The molecule has 1 unspecified atom stereocenters. The minimum Gasteiger partial charge on any atom is -0.481 e. The number of nitrogens with zero attached hydrogens (tertiary/aromatic N) is 2. The van der Waals surface area contributed by atoms with Crippen LogP contribution in [0.2, 0.25) is 0 Å². The highest BCUT2D eigenvalue weighted by molar-refractivity contribution is 5.83. The second-order valence-corrected chi connectivity index (χ2v) is 5.07. The second-order valence-electron chi connectivity index (χ2n) is 5.07. The van der Waals surface area contributed by atoms with Crippen molar-refractivity contribution in [2.24, 2.45) is 11.1 Å². The summed E-state index contributed by atoms with van der Waals surface area (Å²) in [4.78, 5) is 37.0. The van der Waals surface area contributed by atoms with Gasteiger partial charge in [0.2, 0.25) is 5.91 Å². The molecule has 0 aromatic heterocycles. The summed E-state index contributed by atoms with van der Waals surface area (Å²) in [6, 6.07) is -0.349. The number of primary amides is 1. The summed E-state index contributed by atoms with van der Waals surface area (Å²) in [6.07, 6.45) is 1.70. The molecule has 1 rings (SSSR count). The van der Waals surface area contributed by atoms with Crippen LogP contribution in [-0.2, 0) is 9.59 Å². The molecule has 108 valence electrons. The summed E-state index contributed by atoms with van der Waals surface area (Å²) in [5.41, 5.74) is 4.17. The molecule has 0 saturated carbocycles. The number of urea groups is 1. The first-order chi connectivity index (χ1) is 8.82. The molecule has 1 heterocycles. The smallest absolute Gasteiger partial charge is 0.320 e. The largest absolute Gasteiger partial charge is 0.481 e. The summed E-state index contributed by atoms with van der Waals surface area (Å²) in [5, 5.41) is 9.35. The maximum atomic E-state index is 12.1. The molecular weight excluding hydrogens is 250 g/mol. The Morgan fingerprint density at radius 2 is 2.05 bits per heavy atom. The molecule has 0 radical (unpaired) electrons. The molecular formula is C12H21N3O4. The second kappa shape index (κ2) is 5.90. The Hall–Kier alpha value is -1.79. The van der Waals surface area contributed by atoms with Gasteiger partial charge in [-0.15, -0.1) is 0 Å². The van der Waals surface area contributed by atoms with Gasteiger partial charge in [0.25, 0.3) is 0 Å². The Balaban J connectivity index is 2.76. The van der Waals surface area contributed by atoms with Crippen LogP contribution in [0.15, 0.2) is 0 Å². The Kier molecular flexibility index (Phi) is 4.74. The Bertz CT molecular complexity index is 385. The van der Waals surface area contributed by atoms with Crippen LogP contribution in [0.25, 0.3) is 0 Å². The third-order valence-corrected chi connectivity index (χ3v) is 3.70. The maximum absolute atomic E-state index is 12.1. The molecule has 1 atom stereocenters. The number of carboxylic acid groups (broad SMARTS) is 1. The minimum atomic E-state index is -0.874. The lowest BCUT2D eigenvalue weighted by molar-refractivity contribution is -0.152. The van der Waals surface area contributed by atoms with Crippen molar-refractivity contribution in [2.75, 3.05) is 26.7 Å². The van der Waals surface area contributed by atoms with Crippen molar-refractivity contribution in [3.8, 4) is 0 Å².